The number of ether oxygens (including phenoxy) is 3. The Labute approximate surface area is 212 Å². The van der Waals surface area contributed by atoms with Crippen LogP contribution in [0.15, 0.2) is 46.0 Å². The Morgan fingerprint density at radius 1 is 1.09 bits per heavy atom. The quantitative estimate of drug-likeness (QED) is 0.301. The van der Waals surface area contributed by atoms with Crippen molar-refractivity contribution in [1.29, 1.82) is 0 Å². The molecule has 0 spiro atoms. The molecule has 2 N–H and O–H groups in total. The molecule has 0 aliphatic carbocycles. The molecule has 0 saturated carbocycles. The molecule has 1 aromatic heterocycles. The van der Waals surface area contributed by atoms with Gasteiger partial charge in [0.2, 0.25) is 17.8 Å². The van der Waals surface area contributed by atoms with Crippen molar-refractivity contribution in [2.24, 2.45) is 5.10 Å². The summed E-state index contributed by atoms with van der Waals surface area (Å²) in [6, 6.07) is 11.6. The number of methoxy groups -OCH3 is 1. The van der Waals surface area contributed by atoms with Crippen LogP contribution < -0.4 is 25.1 Å². The van der Waals surface area contributed by atoms with Gasteiger partial charge in [0.1, 0.15) is 0 Å². The van der Waals surface area contributed by atoms with Crippen molar-refractivity contribution in [1.82, 2.24) is 15.0 Å². The number of hydrogen-bond acceptors (Lipinski definition) is 10. The monoisotopic (exact) mass is 541 g/mol. The van der Waals surface area contributed by atoms with Gasteiger partial charge in [0.15, 0.2) is 11.5 Å². The maximum Gasteiger partial charge on any atom is 0.250 e. The van der Waals surface area contributed by atoms with Crippen LogP contribution in [0.4, 0.5) is 23.5 Å². The number of benzene rings is 2. The smallest absolute Gasteiger partial charge is 0.250 e. The lowest BCUT2D eigenvalue weighted by molar-refractivity contribution is 0.122. The summed E-state index contributed by atoms with van der Waals surface area (Å²) in [4.78, 5) is 15.8. The minimum absolute atomic E-state index is 0.321. The summed E-state index contributed by atoms with van der Waals surface area (Å²) in [6.45, 7) is 7.18. The molecular weight excluding hydrogens is 514 g/mol. The second-order valence-corrected chi connectivity index (χ2v) is 8.56. The number of nitrogens with zero attached hydrogens (tertiary/aromatic N) is 5. The average Bonchev–Trinajstić information content (AvgIpc) is 2.87. The number of rotatable bonds is 9. The Morgan fingerprint density at radius 3 is 2.63 bits per heavy atom. The average molecular weight is 542 g/mol. The molecule has 0 amide bonds. The van der Waals surface area contributed by atoms with Crippen LogP contribution in [-0.2, 0) is 4.74 Å². The molecule has 2 aromatic carbocycles. The SMILES string of the molecule is CCOc1ccc(/C=N\Nc2nc(Nc3ccc(C)cc3Br)nc(N3CCOCC3)n2)cc1OC. The van der Waals surface area contributed by atoms with E-state index in [0.717, 1.165) is 21.3 Å². The van der Waals surface area contributed by atoms with Gasteiger partial charge in [-0.2, -0.15) is 20.1 Å². The normalized spacial score (nSPS) is 13.7. The van der Waals surface area contributed by atoms with Crippen LogP contribution in [-0.4, -0.2) is 61.2 Å². The summed E-state index contributed by atoms with van der Waals surface area (Å²) >= 11 is 3.59. The van der Waals surface area contributed by atoms with E-state index in [1.807, 2.05) is 50.2 Å². The number of hydrazone groups is 1. The molecule has 0 atom stereocenters. The van der Waals surface area contributed by atoms with Crippen LogP contribution in [0.3, 0.4) is 0 Å². The molecule has 2 heterocycles. The standard InChI is InChI=1S/C24H28BrN7O3/c1-4-35-20-8-6-17(14-21(20)33-3)15-26-31-23-28-22(27-19-7-5-16(2)13-18(19)25)29-24(30-23)32-9-11-34-12-10-32/h5-8,13-15H,4,9-12H2,1-3H3,(H2,27,28,29,30,31)/b26-15-. The van der Waals surface area contributed by atoms with Gasteiger partial charge in [-0.25, -0.2) is 5.43 Å². The van der Waals surface area contributed by atoms with Crippen molar-refractivity contribution in [2.75, 3.05) is 55.7 Å². The third kappa shape index (κ3) is 6.58. The van der Waals surface area contributed by atoms with Crippen molar-refractivity contribution >= 4 is 45.7 Å². The molecule has 0 bridgehead atoms. The Bertz CT molecular complexity index is 1190. The van der Waals surface area contributed by atoms with Crippen molar-refractivity contribution in [3.63, 3.8) is 0 Å². The molecule has 184 valence electrons. The molecule has 3 aromatic rings. The first-order chi connectivity index (χ1) is 17.1. The first-order valence-electron chi connectivity index (χ1n) is 11.3. The fraction of sp³-hybridized carbons (Fsp3) is 0.333. The van der Waals surface area contributed by atoms with E-state index in [0.29, 0.717) is 62.3 Å². The minimum atomic E-state index is 0.321. The van der Waals surface area contributed by atoms with E-state index in [1.54, 1.807) is 13.3 Å². The van der Waals surface area contributed by atoms with Gasteiger partial charge in [-0.1, -0.05) is 6.07 Å². The van der Waals surface area contributed by atoms with E-state index >= 15 is 0 Å². The van der Waals surface area contributed by atoms with E-state index in [1.165, 1.54) is 0 Å². The number of aryl methyl sites for hydroxylation is 1. The van der Waals surface area contributed by atoms with Crippen molar-refractivity contribution in [2.45, 2.75) is 13.8 Å². The number of anilines is 4. The van der Waals surface area contributed by atoms with Crippen LogP contribution >= 0.6 is 15.9 Å². The summed E-state index contributed by atoms with van der Waals surface area (Å²) < 4.78 is 17.4. The fourth-order valence-corrected chi connectivity index (χ4v) is 4.01. The van der Waals surface area contributed by atoms with Gasteiger partial charge in [0.25, 0.3) is 0 Å². The van der Waals surface area contributed by atoms with Gasteiger partial charge in [-0.3, -0.25) is 0 Å². The predicted molar refractivity (Wildman–Crippen MR) is 140 cm³/mol. The van der Waals surface area contributed by atoms with Crippen molar-refractivity contribution in [3.05, 3.63) is 52.0 Å². The molecule has 10 nitrogen and oxygen atoms in total. The highest BCUT2D eigenvalue weighted by atomic mass is 79.9. The molecule has 1 aliphatic heterocycles. The van der Waals surface area contributed by atoms with Crippen molar-refractivity contribution < 1.29 is 14.2 Å². The molecular formula is C24H28BrN7O3. The van der Waals surface area contributed by atoms with E-state index in [-0.39, 0.29) is 0 Å². The first-order valence-corrected chi connectivity index (χ1v) is 12.1. The van der Waals surface area contributed by atoms with Gasteiger partial charge in [-0.05, 0) is 71.2 Å². The molecule has 35 heavy (non-hydrogen) atoms. The molecule has 1 aliphatic rings. The Morgan fingerprint density at radius 2 is 1.89 bits per heavy atom. The van der Waals surface area contributed by atoms with Gasteiger partial charge in [0, 0.05) is 17.6 Å². The van der Waals surface area contributed by atoms with E-state index < -0.39 is 0 Å². The van der Waals surface area contributed by atoms with Gasteiger partial charge in [0.05, 0.1) is 38.8 Å². The number of aromatic nitrogens is 3. The largest absolute Gasteiger partial charge is 0.493 e. The highest BCUT2D eigenvalue weighted by molar-refractivity contribution is 9.10. The zero-order valence-corrected chi connectivity index (χ0v) is 21.5. The zero-order valence-electron chi connectivity index (χ0n) is 19.9. The second kappa shape index (κ2) is 11.8. The summed E-state index contributed by atoms with van der Waals surface area (Å²) in [5.74, 6) is 2.61. The summed E-state index contributed by atoms with van der Waals surface area (Å²) in [6.07, 6.45) is 1.67. The van der Waals surface area contributed by atoms with E-state index in [2.05, 4.69) is 51.6 Å². The van der Waals surface area contributed by atoms with E-state index in [9.17, 15) is 0 Å². The summed E-state index contributed by atoms with van der Waals surface area (Å²) in [7, 11) is 1.61. The molecule has 11 heteroatoms. The predicted octanol–water partition coefficient (Wildman–Crippen LogP) is 4.38. The van der Waals surface area contributed by atoms with Gasteiger partial charge in [-0.15, -0.1) is 0 Å². The van der Waals surface area contributed by atoms with Crippen LogP contribution in [0.5, 0.6) is 11.5 Å². The lowest BCUT2D eigenvalue weighted by Gasteiger charge is -2.27. The van der Waals surface area contributed by atoms with E-state index in [4.69, 9.17) is 14.2 Å². The number of nitrogens with one attached hydrogen (secondary N) is 2. The lowest BCUT2D eigenvalue weighted by Crippen LogP contribution is -2.37. The summed E-state index contributed by atoms with van der Waals surface area (Å²) in [5, 5.41) is 7.59. The number of morpholine rings is 1. The Kier molecular flexibility index (Phi) is 8.32. The maximum absolute atomic E-state index is 5.57. The number of hydrogen-bond donors (Lipinski definition) is 2. The molecule has 0 unspecified atom stereocenters. The molecule has 0 radical (unpaired) electrons. The second-order valence-electron chi connectivity index (χ2n) is 7.70. The minimum Gasteiger partial charge on any atom is -0.493 e. The third-order valence-electron chi connectivity index (χ3n) is 5.15. The maximum atomic E-state index is 5.57. The molecule has 1 fully saturated rings. The molecule has 1 saturated heterocycles. The fourth-order valence-electron chi connectivity index (χ4n) is 3.42. The third-order valence-corrected chi connectivity index (χ3v) is 5.81. The first kappa shape index (κ1) is 24.7. The van der Waals surface area contributed by atoms with Crippen molar-refractivity contribution in [3.8, 4) is 11.5 Å². The zero-order chi connectivity index (χ0) is 24.6. The highest BCUT2D eigenvalue weighted by Gasteiger charge is 2.17. The van der Waals surface area contributed by atoms with Gasteiger partial charge >= 0.3 is 0 Å². The Balaban J connectivity index is 1.56. The van der Waals surface area contributed by atoms with Crippen LogP contribution in [0.1, 0.15) is 18.1 Å². The molecule has 4 rings (SSSR count). The summed E-state index contributed by atoms with van der Waals surface area (Å²) in [5.41, 5.74) is 5.76. The van der Waals surface area contributed by atoms with Gasteiger partial charge < -0.3 is 24.4 Å². The topological polar surface area (TPSA) is 106 Å². The Hall–Kier alpha value is -3.44. The highest BCUT2D eigenvalue weighted by Crippen LogP contribution is 2.28. The lowest BCUT2D eigenvalue weighted by atomic mass is 10.2. The van der Waals surface area contributed by atoms with Crippen LogP contribution in [0.2, 0.25) is 0 Å². The van der Waals surface area contributed by atoms with Crippen LogP contribution in [0, 0.1) is 6.92 Å². The van der Waals surface area contributed by atoms with Crippen LogP contribution in [0.25, 0.3) is 0 Å². The number of halogens is 1.